The summed E-state index contributed by atoms with van der Waals surface area (Å²) in [7, 11) is -3.87. The zero-order valence-corrected chi connectivity index (χ0v) is 17.7. The number of amidine groups is 1. The summed E-state index contributed by atoms with van der Waals surface area (Å²) in [4.78, 5) is 14.7. The standard InChI is InChI=1S/C21H22ClN3O3S/c1-14-6-8-15(9-7-14)13-23-21(26)16-11-19-18(12-17(16)22)25-10-4-2-3-5-20(25)24-29(19,27)28/h6-9,11-12H,2-5,10,13H2,1H3,(H,23,26). The Balaban J connectivity index is 1.64. The van der Waals surface area contributed by atoms with Crippen LogP contribution < -0.4 is 10.2 Å². The average molecular weight is 432 g/mol. The molecule has 0 saturated carbocycles. The second-order valence-electron chi connectivity index (χ2n) is 7.41. The number of nitrogens with one attached hydrogen (secondary N) is 1. The van der Waals surface area contributed by atoms with E-state index in [1.54, 1.807) is 6.07 Å². The molecule has 2 aliphatic rings. The minimum absolute atomic E-state index is 0.0352. The van der Waals surface area contributed by atoms with E-state index in [4.69, 9.17) is 11.6 Å². The number of sulfonamides is 1. The van der Waals surface area contributed by atoms with Gasteiger partial charge in [-0.15, -0.1) is 4.40 Å². The highest BCUT2D eigenvalue weighted by Crippen LogP contribution is 2.37. The highest BCUT2D eigenvalue weighted by Gasteiger charge is 2.33. The van der Waals surface area contributed by atoms with Gasteiger partial charge in [0.2, 0.25) is 0 Å². The third kappa shape index (κ3) is 4.02. The predicted molar refractivity (Wildman–Crippen MR) is 114 cm³/mol. The van der Waals surface area contributed by atoms with E-state index in [-0.39, 0.29) is 15.5 Å². The summed E-state index contributed by atoms with van der Waals surface area (Å²) in [6.07, 6.45) is 3.51. The zero-order chi connectivity index (χ0) is 20.6. The van der Waals surface area contributed by atoms with Crippen molar-refractivity contribution in [2.24, 2.45) is 4.40 Å². The maximum absolute atomic E-state index is 12.7. The Morgan fingerprint density at radius 1 is 1.17 bits per heavy atom. The molecule has 152 valence electrons. The van der Waals surface area contributed by atoms with Crippen LogP contribution in [0.1, 0.15) is 47.2 Å². The van der Waals surface area contributed by atoms with Gasteiger partial charge in [0.15, 0.2) is 0 Å². The number of anilines is 1. The van der Waals surface area contributed by atoms with Crippen molar-refractivity contribution < 1.29 is 13.2 Å². The van der Waals surface area contributed by atoms with Crippen LogP contribution in [0.15, 0.2) is 45.7 Å². The minimum Gasteiger partial charge on any atom is -0.348 e. The van der Waals surface area contributed by atoms with E-state index in [9.17, 15) is 13.2 Å². The fourth-order valence-electron chi connectivity index (χ4n) is 3.65. The number of carbonyl (C=O) groups is 1. The quantitative estimate of drug-likeness (QED) is 0.794. The Morgan fingerprint density at radius 2 is 1.93 bits per heavy atom. The van der Waals surface area contributed by atoms with Crippen LogP contribution in [0.2, 0.25) is 5.02 Å². The Kier molecular flexibility index (Phi) is 5.36. The van der Waals surface area contributed by atoms with Crippen LogP contribution in [-0.2, 0) is 16.6 Å². The van der Waals surface area contributed by atoms with Crippen molar-refractivity contribution in [3.63, 3.8) is 0 Å². The SMILES string of the molecule is Cc1ccc(CNC(=O)c2cc3c(cc2Cl)N2CCCCCC2=NS3(=O)=O)cc1. The van der Waals surface area contributed by atoms with Gasteiger partial charge >= 0.3 is 0 Å². The van der Waals surface area contributed by atoms with Crippen LogP contribution in [0.25, 0.3) is 0 Å². The molecule has 8 heteroatoms. The third-order valence-corrected chi connectivity index (χ3v) is 6.90. The van der Waals surface area contributed by atoms with Crippen molar-refractivity contribution in [2.45, 2.75) is 44.0 Å². The first-order valence-corrected chi connectivity index (χ1v) is 11.5. The minimum atomic E-state index is -3.87. The fraction of sp³-hybridized carbons (Fsp3) is 0.333. The van der Waals surface area contributed by atoms with Gasteiger partial charge in [-0.25, -0.2) is 0 Å². The van der Waals surface area contributed by atoms with Crippen molar-refractivity contribution in [1.82, 2.24) is 5.32 Å². The molecule has 1 saturated heterocycles. The van der Waals surface area contributed by atoms with Crippen LogP contribution in [0.4, 0.5) is 5.69 Å². The summed E-state index contributed by atoms with van der Waals surface area (Å²) < 4.78 is 29.5. The molecule has 0 aromatic heterocycles. The van der Waals surface area contributed by atoms with E-state index in [1.165, 1.54) is 6.07 Å². The first-order valence-electron chi connectivity index (χ1n) is 9.64. The lowest BCUT2D eigenvalue weighted by atomic mass is 10.1. The molecule has 0 unspecified atom stereocenters. The van der Waals surface area contributed by atoms with Gasteiger partial charge in [0.25, 0.3) is 15.9 Å². The molecule has 1 N–H and O–H groups in total. The number of aryl methyl sites for hydroxylation is 1. The van der Waals surface area contributed by atoms with Crippen molar-refractivity contribution >= 4 is 39.1 Å². The van der Waals surface area contributed by atoms with Crippen molar-refractivity contribution in [3.8, 4) is 0 Å². The molecule has 0 aliphatic carbocycles. The van der Waals surface area contributed by atoms with Gasteiger partial charge < -0.3 is 10.2 Å². The van der Waals surface area contributed by atoms with Gasteiger partial charge in [0.05, 0.1) is 16.3 Å². The Hall–Kier alpha value is -2.38. The molecule has 2 aromatic rings. The smallest absolute Gasteiger partial charge is 0.286 e. The number of fused-ring (bicyclic) bond motifs is 3. The summed E-state index contributed by atoms with van der Waals surface area (Å²) in [5.41, 5.74) is 2.73. The molecule has 1 fully saturated rings. The highest BCUT2D eigenvalue weighted by molar-refractivity contribution is 7.90. The van der Waals surface area contributed by atoms with E-state index in [0.29, 0.717) is 31.0 Å². The summed E-state index contributed by atoms with van der Waals surface area (Å²) in [6, 6.07) is 10.7. The molecule has 29 heavy (non-hydrogen) atoms. The number of halogens is 1. The fourth-order valence-corrected chi connectivity index (χ4v) is 5.16. The van der Waals surface area contributed by atoms with Gasteiger partial charge in [-0.3, -0.25) is 4.79 Å². The highest BCUT2D eigenvalue weighted by atomic mass is 35.5. The summed E-state index contributed by atoms with van der Waals surface area (Å²) in [6.45, 7) is 3.01. The van der Waals surface area contributed by atoms with Crippen molar-refractivity contribution in [2.75, 3.05) is 11.4 Å². The van der Waals surface area contributed by atoms with Crippen molar-refractivity contribution in [3.05, 3.63) is 58.1 Å². The third-order valence-electron chi connectivity index (χ3n) is 5.25. The molecular formula is C21H22ClN3O3S. The van der Waals surface area contributed by atoms with Crippen LogP contribution in [0.3, 0.4) is 0 Å². The summed E-state index contributed by atoms with van der Waals surface area (Å²) >= 11 is 6.40. The van der Waals surface area contributed by atoms with Gasteiger partial charge in [-0.05, 0) is 37.5 Å². The van der Waals surface area contributed by atoms with Crippen LogP contribution in [-0.4, -0.2) is 26.7 Å². The normalized spacial score (nSPS) is 17.6. The topological polar surface area (TPSA) is 78.8 Å². The molecule has 0 bridgehead atoms. The monoisotopic (exact) mass is 431 g/mol. The summed E-state index contributed by atoms with van der Waals surface area (Å²) in [5.74, 6) is 0.141. The predicted octanol–water partition coefficient (Wildman–Crippen LogP) is 4.06. The number of hydrogen-bond donors (Lipinski definition) is 1. The molecule has 2 aliphatic heterocycles. The zero-order valence-electron chi connectivity index (χ0n) is 16.1. The first-order chi connectivity index (χ1) is 13.8. The van der Waals surface area contributed by atoms with E-state index < -0.39 is 15.9 Å². The molecule has 2 aromatic carbocycles. The number of amides is 1. The van der Waals surface area contributed by atoms with Gasteiger partial charge in [-0.1, -0.05) is 47.9 Å². The lowest BCUT2D eigenvalue weighted by Gasteiger charge is -2.30. The number of hydrogen-bond acceptors (Lipinski definition) is 4. The molecule has 0 atom stereocenters. The second kappa shape index (κ2) is 7.80. The molecular weight excluding hydrogens is 410 g/mol. The van der Waals surface area contributed by atoms with E-state index in [0.717, 1.165) is 30.4 Å². The number of benzene rings is 2. The van der Waals surface area contributed by atoms with E-state index in [1.807, 2.05) is 36.1 Å². The van der Waals surface area contributed by atoms with Gasteiger partial charge in [-0.2, -0.15) is 8.42 Å². The first kappa shape index (κ1) is 19.9. The number of rotatable bonds is 3. The summed E-state index contributed by atoms with van der Waals surface area (Å²) in [5, 5.41) is 3.04. The van der Waals surface area contributed by atoms with E-state index in [2.05, 4.69) is 9.71 Å². The largest absolute Gasteiger partial charge is 0.348 e. The van der Waals surface area contributed by atoms with Crippen LogP contribution in [0.5, 0.6) is 0 Å². The van der Waals surface area contributed by atoms with Gasteiger partial charge in [0.1, 0.15) is 10.7 Å². The van der Waals surface area contributed by atoms with Crippen molar-refractivity contribution in [1.29, 1.82) is 0 Å². The van der Waals surface area contributed by atoms with Crippen LogP contribution in [0, 0.1) is 6.92 Å². The molecule has 4 rings (SSSR count). The average Bonchev–Trinajstić information content (AvgIpc) is 2.91. The molecule has 0 spiro atoms. The Bertz CT molecular complexity index is 1090. The second-order valence-corrected chi connectivity index (χ2v) is 9.39. The number of carbonyl (C=O) groups excluding carboxylic acids is 1. The maximum Gasteiger partial charge on any atom is 0.286 e. The van der Waals surface area contributed by atoms with Crippen LogP contribution >= 0.6 is 11.6 Å². The number of nitrogens with zero attached hydrogens (tertiary/aromatic N) is 2. The lowest BCUT2D eigenvalue weighted by Crippen LogP contribution is -2.35. The van der Waals surface area contributed by atoms with E-state index >= 15 is 0 Å². The maximum atomic E-state index is 12.7. The lowest BCUT2D eigenvalue weighted by molar-refractivity contribution is 0.0951. The molecule has 6 nitrogen and oxygen atoms in total. The molecule has 2 heterocycles. The Morgan fingerprint density at radius 3 is 2.69 bits per heavy atom. The molecule has 1 amide bonds. The van der Waals surface area contributed by atoms with Gasteiger partial charge in [0, 0.05) is 19.5 Å². The Labute approximate surface area is 175 Å². The molecule has 0 radical (unpaired) electrons.